The number of ether oxygens (including phenoxy) is 1. The Kier molecular flexibility index (Phi) is 7.49. The topological polar surface area (TPSA) is 70.7 Å². The van der Waals surface area contributed by atoms with Crippen LogP contribution < -0.4 is 15.5 Å². The molecule has 1 aliphatic rings. The number of benzene rings is 2. The van der Waals surface area contributed by atoms with Crippen molar-refractivity contribution in [2.24, 2.45) is 0 Å². The number of carbonyl (C=O) groups excluding carboxylic acids is 2. The highest BCUT2D eigenvalue weighted by molar-refractivity contribution is 8.26. The van der Waals surface area contributed by atoms with E-state index in [0.717, 1.165) is 16.8 Å². The lowest BCUT2D eigenvalue weighted by Crippen LogP contribution is -2.46. The van der Waals surface area contributed by atoms with Gasteiger partial charge >= 0.3 is 6.03 Å². The highest BCUT2D eigenvalue weighted by atomic mass is 35.5. The van der Waals surface area contributed by atoms with Crippen LogP contribution in [0.15, 0.2) is 41.3 Å². The van der Waals surface area contributed by atoms with E-state index in [-0.39, 0.29) is 9.34 Å². The number of hydrogen-bond acceptors (Lipinski definition) is 5. The molecule has 1 fully saturated rings. The van der Waals surface area contributed by atoms with Gasteiger partial charge in [0, 0.05) is 16.3 Å². The summed E-state index contributed by atoms with van der Waals surface area (Å²) in [6.07, 6.45) is 1.62. The summed E-state index contributed by atoms with van der Waals surface area (Å²) in [5.74, 6) is 0.106. The fourth-order valence-corrected chi connectivity index (χ4v) is 4.11. The molecule has 1 saturated heterocycles. The number of anilines is 1. The Bertz CT molecular complexity index is 1060. The second-order valence-corrected chi connectivity index (χ2v) is 8.75. The van der Waals surface area contributed by atoms with Crippen molar-refractivity contribution in [2.75, 3.05) is 11.9 Å². The molecule has 0 aromatic heterocycles. The van der Waals surface area contributed by atoms with Crippen LogP contribution in [0.4, 0.5) is 10.5 Å². The molecular weight excluding hydrogens is 489 g/mol. The zero-order valence-corrected chi connectivity index (χ0v) is 19.3. The maximum Gasteiger partial charge on any atom is 0.338 e. The van der Waals surface area contributed by atoms with Gasteiger partial charge in [0.15, 0.2) is 4.32 Å². The zero-order valence-electron chi connectivity index (χ0n) is 15.4. The number of hydrogen-bond donors (Lipinski definition) is 2. The molecule has 2 N–H and O–H groups in total. The molecule has 0 aliphatic carbocycles. The maximum atomic E-state index is 12.8. The summed E-state index contributed by atoms with van der Waals surface area (Å²) >= 11 is 24.1. The fraction of sp³-hybridized carbons (Fsp3) is 0.105. The molecule has 0 spiro atoms. The smallest absolute Gasteiger partial charge is 0.338 e. The molecule has 11 heteroatoms. The number of amides is 3. The Balaban J connectivity index is 1.74. The van der Waals surface area contributed by atoms with Crippen molar-refractivity contribution >= 4 is 86.8 Å². The Morgan fingerprint density at radius 2 is 1.97 bits per heavy atom. The van der Waals surface area contributed by atoms with Gasteiger partial charge in [0.2, 0.25) is 0 Å². The SMILES string of the molecule is CCOc1ccc(Cl)cc1/C=C1/SC(=S)N(NC(=O)Nc2ccc(Cl)c(Cl)c2)C1=O. The maximum absolute atomic E-state index is 12.8. The monoisotopic (exact) mass is 501 g/mol. The third-order valence-electron chi connectivity index (χ3n) is 3.74. The van der Waals surface area contributed by atoms with E-state index in [2.05, 4.69) is 10.7 Å². The van der Waals surface area contributed by atoms with E-state index in [1.54, 1.807) is 36.4 Å². The van der Waals surface area contributed by atoms with Gasteiger partial charge in [-0.1, -0.05) is 46.6 Å². The van der Waals surface area contributed by atoms with Crippen molar-refractivity contribution in [3.8, 4) is 5.75 Å². The van der Waals surface area contributed by atoms with Gasteiger partial charge < -0.3 is 10.1 Å². The first kappa shape index (κ1) is 22.7. The highest BCUT2D eigenvalue weighted by Gasteiger charge is 2.34. The Hall–Kier alpha value is -1.97. The first-order valence-electron chi connectivity index (χ1n) is 8.51. The predicted molar refractivity (Wildman–Crippen MR) is 126 cm³/mol. The van der Waals surface area contributed by atoms with Crippen LogP contribution in [0, 0.1) is 0 Å². The zero-order chi connectivity index (χ0) is 21.8. The Morgan fingerprint density at radius 1 is 1.20 bits per heavy atom. The lowest BCUT2D eigenvalue weighted by atomic mass is 10.2. The van der Waals surface area contributed by atoms with Crippen molar-refractivity contribution in [1.29, 1.82) is 0 Å². The summed E-state index contributed by atoms with van der Waals surface area (Å²) in [5.41, 5.74) is 3.46. The van der Waals surface area contributed by atoms with Crippen molar-refractivity contribution in [3.05, 3.63) is 61.9 Å². The van der Waals surface area contributed by atoms with Gasteiger partial charge in [-0.25, -0.2) is 10.2 Å². The molecule has 156 valence electrons. The predicted octanol–water partition coefficient (Wildman–Crippen LogP) is 5.98. The van der Waals surface area contributed by atoms with Crippen LogP contribution in [0.2, 0.25) is 15.1 Å². The van der Waals surface area contributed by atoms with Crippen LogP contribution >= 0.6 is 58.8 Å². The normalized spacial score (nSPS) is 14.9. The number of hydrazine groups is 1. The molecule has 2 aromatic rings. The van der Waals surface area contributed by atoms with Gasteiger partial charge in [0.1, 0.15) is 5.75 Å². The van der Waals surface area contributed by atoms with E-state index >= 15 is 0 Å². The summed E-state index contributed by atoms with van der Waals surface area (Å²) in [7, 11) is 0. The van der Waals surface area contributed by atoms with Crippen molar-refractivity contribution in [3.63, 3.8) is 0 Å². The minimum atomic E-state index is -0.663. The molecule has 0 atom stereocenters. The highest BCUT2D eigenvalue weighted by Crippen LogP contribution is 2.34. The molecule has 1 heterocycles. The van der Waals surface area contributed by atoms with Crippen LogP contribution in [-0.2, 0) is 4.79 Å². The molecule has 1 aliphatic heterocycles. The average Bonchev–Trinajstić information content (AvgIpc) is 2.94. The number of urea groups is 1. The summed E-state index contributed by atoms with van der Waals surface area (Å²) in [6, 6.07) is 9.05. The number of rotatable bonds is 5. The standard InChI is InChI=1S/C19H14Cl3N3O3S2/c1-2-28-15-6-3-11(20)7-10(15)8-16-17(26)25(19(29)30-16)24-18(27)23-12-4-5-13(21)14(22)9-12/h3-9H,2H2,1H3,(H2,23,24,27)/b16-8+. The van der Waals surface area contributed by atoms with Crippen LogP contribution in [0.1, 0.15) is 12.5 Å². The van der Waals surface area contributed by atoms with Gasteiger partial charge in [0.05, 0.1) is 21.6 Å². The number of nitrogens with one attached hydrogen (secondary N) is 2. The van der Waals surface area contributed by atoms with Gasteiger partial charge in [-0.3, -0.25) is 4.79 Å². The first-order chi connectivity index (χ1) is 14.3. The largest absolute Gasteiger partial charge is 0.493 e. The summed E-state index contributed by atoms with van der Waals surface area (Å²) in [6.45, 7) is 2.31. The third kappa shape index (κ3) is 5.39. The molecule has 2 aromatic carbocycles. The Morgan fingerprint density at radius 3 is 2.67 bits per heavy atom. The van der Waals surface area contributed by atoms with Crippen molar-refractivity contribution < 1.29 is 14.3 Å². The van der Waals surface area contributed by atoms with E-state index < -0.39 is 11.9 Å². The van der Waals surface area contributed by atoms with Crippen LogP contribution in [0.25, 0.3) is 6.08 Å². The van der Waals surface area contributed by atoms with Crippen molar-refractivity contribution in [1.82, 2.24) is 10.4 Å². The third-order valence-corrected chi connectivity index (χ3v) is 6.02. The summed E-state index contributed by atoms with van der Waals surface area (Å²) in [4.78, 5) is 25.4. The van der Waals surface area contributed by atoms with E-state index in [9.17, 15) is 9.59 Å². The van der Waals surface area contributed by atoms with Crippen LogP contribution in [-0.4, -0.2) is 27.9 Å². The fourth-order valence-electron chi connectivity index (χ4n) is 2.46. The second kappa shape index (κ2) is 9.89. The van der Waals surface area contributed by atoms with Crippen LogP contribution in [0.3, 0.4) is 0 Å². The number of carbonyl (C=O) groups is 2. The molecule has 0 radical (unpaired) electrons. The lowest BCUT2D eigenvalue weighted by Gasteiger charge is -2.16. The van der Waals surface area contributed by atoms with Crippen LogP contribution in [0.5, 0.6) is 5.75 Å². The minimum Gasteiger partial charge on any atom is -0.493 e. The van der Waals surface area contributed by atoms with E-state index in [4.69, 9.17) is 51.8 Å². The van der Waals surface area contributed by atoms with Gasteiger partial charge in [-0.2, -0.15) is 5.01 Å². The van der Waals surface area contributed by atoms with E-state index in [1.165, 1.54) is 6.07 Å². The van der Waals surface area contributed by atoms with Gasteiger partial charge in [-0.15, -0.1) is 0 Å². The van der Waals surface area contributed by atoms with E-state index in [0.29, 0.717) is 38.6 Å². The molecule has 0 unspecified atom stereocenters. The number of nitrogens with zero attached hydrogens (tertiary/aromatic N) is 1. The second-order valence-electron chi connectivity index (χ2n) is 5.83. The molecular formula is C19H14Cl3N3O3S2. The lowest BCUT2D eigenvalue weighted by molar-refractivity contribution is -0.123. The number of thioether (sulfide) groups is 1. The van der Waals surface area contributed by atoms with E-state index in [1.807, 2.05) is 6.92 Å². The number of halogens is 3. The average molecular weight is 503 g/mol. The molecule has 3 rings (SSSR count). The quantitative estimate of drug-likeness (QED) is 0.388. The Labute approximate surface area is 197 Å². The summed E-state index contributed by atoms with van der Waals surface area (Å²) in [5, 5.41) is 4.70. The van der Waals surface area contributed by atoms with Crippen molar-refractivity contribution in [2.45, 2.75) is 6.92 Å². The van der Waals surface area contributed by atoms with Gasteiger partial charge in [-0.05, 0) is 61.6 Å². The molecule has 3 amide bonds. The molecule has 30 heavy (non-hydrogen) atoms. The summed E-state index contributed by atoms with van der Waals surface area (Å²) < 4.78 is 5.75. The molecule has 0 saturated carbocycles. The first-order valence-corrected chi connectivity index (χ1v) is 10.9. The minimum absolute atomic E-state index is 0.176. The van der Waals surface area contributed by atoms with Gasteiger partial charge in [0.25, 0.3) is 5.91 Å². The molecule has 6 nitrogen and oxygen atoms in total. The molecule has 0 bridgehead atoms. The number of thiocarbonyl (C=S) groups is 1.